The first-order valence-corrected chi connectivity index (χ1v) is 15.2. The summed E-state index contributed by atoms with van der Waals surface area (Å²) in [7, 11) is 0. The van der Waals surface area contributed by atoms with Gasteiger partial charge < -0.3 is 4.90 Å². The van der Waals surface area contributed by atoms with Crippen molar-refractivity contribution in [2.75, 3.05) is 13.1 Å². The molecule has 3 aliphatic rings. The lowest BCUT2D eigenvalue weighted by Crippen LogP contribution is -2.41. The van der Waals surface area contributed by atoms with Gasteiger partial charge in [0.2, 0.25) is 5.91 Å². The molecule has 6 heteroatoms. The van der Waals surface area contributed by atoms with E-state index in [-0.39, 0.29) is 37.0 Å². The largest absolute Gasteiger partial charge is 0.333 e. The number of nitrogens with one attached hydrogen (secondary N) is 1. The monoisotopic (exact) mass is 506 g/mol. The van der Waals surface area contributed by atoms with Crippen LogP contribution in [0.15, 0.2) is 0 Å². The zero-order valence-electron chi connectivity index (χ0n) is 23.3. The molecule has 0 aromatic carbocycles. The topological polar surface area (TPSA) is 86.7 Å². The molecule has 0 aromatic rings. The third-order valence-electron chi connectivity index (χ3n) is 9.08. The van der Waals surface area contributed by atoms with Crippen molar-refractivity contribution < 1.29 is 19.6 Å². The molecular formula is C30H54N2O4. The molecule has 3 aliphatic carbocycles. The fourth-order valence-electron chi connectivity index (χ4n) is 6.60. The number of ketones is 1. The lowest BCUT2D eigenvalue weighted by atomic mass is 9.75. The maximum absolute atomic E-state index is 12.7. The molecular weight excluding hydrogens is 452 g/mol. The Labute approximate surface area is 220 Å². The number of nitrogens with zero attached hydrogens (tertiary/aromatic N) is 1. The predicted molar refractivity (Wildman–Crippen MR) is 145 cm³/mol. The van der Waals surface area contributed by atoms with Gasteiger partial charge in [-0.3, -0.25) is 19.6 Å². The van der Waals surface area contributed by atoms with Crippen molar-refractivity contribution in [1.29, 1.82) is 0 Å². The van der Waals surface area contributed by atoms with Gasteiger partial charge in [0, 0.05) is 25.3 Å². The maximum atomic E-state index is 12.7. The van der Waals surface area contributed by atoms with Gasteiger partial charge >= 0.3 is 0 Å². The second kappa shape index (κ2) is 17.9. The first-order chi connectivity index (χ1) is 17.5. The Morgan fingerprint density at radius 1 is 0.750 bits per heavy atom. The normalized spacial score (nSPS) is 23.3. The number of hydrogen-bond acceptors (Lipinski definition) is 4. The quantitative estimate of drug-likeness (QED) is 0.237. The minimum absolute atomic E-state index is 0.1000. The highest BCUT2D eigenvalue weighted by atomic mass is 16.5. The van der Waals surface area contributed by atoms with E-state index >= 15 is 0 Å². The highest BCUT2D eigenvalue weighted by molar-refractivity contribution is 5.88. The zero-order valence-corrected chi connectivity index (χ0v) is 23.3. The highest BCUT2D eigenvalue weighted by Gasteiger charge is 2.30. The summed E-state index contributed by atoms with van der Waals surface area (Å²) < 4.78 is 0. The van der Waals surface area contributed by atoms with E-state index in [0.717, 1.165) is 38.0 Å². The summed E-state index contributed by atoms with van der Waals surface area (Å²) in [4.78, 5) is 38.5. The summed E-state index contributed by atoms with van der Waals surface area (Å²) in [6.45, 7) is 4.83. The van der Waals surface area contributed by atoms with E-state index in [2.05, 4.69) is 13.8 Å². The Balaban J connectivity index is 0.000000482. The lowest BCUT2D eigenvalue weighted by molar-refractivity contribution is -0.140. The highest BCUT2D eigenvalue weighted by Crippen LogP contribution is 2.34. The van der Waals surface area contributed by atoms with E-state index < -0.39 is 5.91 Å². The fraction of sp³-hybridized carbons (Fsp3) is 0.900. The van der Waals surface area contributed by atoms with Crippen molar-refractivity contribution in [3.63, 3.8) is 0 Å². The van der Waals surface area contributed by atoms with Crippen molar-refractivity contribution in [3.8, 4) is 0 Å². The average molecular weight is 507 g/mol. The second-order valence-corrected chi connectivity index (χ2v) is 11.6. The average Bonchev–Trinajstić information content (AvgIpc) is 2.94. The Morgan fingerprint density at radius 2 is 1.33 bits per heavy atom. The molecule has 3 saturated carbocycles. The Morgan fingerprint density at radius 3 is 1.89 bits per heavy atom. The van der Waals surface area contributed by atoms with Crippen LogP contribution in [0.1, 0.15) is 136 Å². The molecule has 2 unspecified atom stereocenters. The van der Waals surface area contributed by atoms with Gasteiger partial charge in [0.15, 0.2) is 0 Å². The predicted octanol–water partition coefficient (Wildman–Crippen LogP) is 6.83. The molecule has 3 rings (SSSR count). The van der Waals surface area contributed by atoms with Crippen LogP contribution >= 0.6 is 0 Å². The minimum atomic E-state index is -0.582. The second-order valence-electron chi connectivity index (χ2n) is 11.6. The summed E-state index contributed by atoms with van der Waals surface area (Å²) in [6.07, 6.45) is 21.8. The molecule has 0 heterocycles. The molecule has 36 heavy (non-hydrogen) atoms. The summed E-state index contributed by atoms with van der Waals surface area (Å²) in [5.74, 6) is 1.72. The molecule has 0 bridgehead atoms. The standard InChI is InChI=1S/C22H38N2O4.C8H16/c1-2-18-10-6-7-11-19(18)20(25)12-13-22(27)24(16-21(26)23-28)15-14-17-8-4-3-5-9-17;1-2-8-6-4-3-5-7-8/h17-19,28H,2-16H2,1H3,(H,23,26);8H,2-7H2,1H3. The summed E-state index contributed by atoms with van der Waals surface area (Å²) in [6, 6.07) is 0. The molecule has 0 aromatic heterocycles. The van der Waals surface area contributed by atoms with Gasteiger partial charge in [0.25, 0.3) is 5.91 Å². The molecule has 2 amide bonds. The molecule has 2 atom stereocenters. The van der Waals surface area contributed by atoms with Crippen LogP contribution in [0.5, 0.6) is 0 Å². The van der Waals surface area contributed by atoms with Gasteiger partial charge in [0.05, 0.1) is 0 Å². The van der Waals surface area contributed by atoms with E-state index in [1.165, 1.54) is 81.9 Å². The van der Waals surface area contributed by atoms with Crippen LogP contribution in [-0.2, 0) is 14.4 Å². The van der Waals surface area contributed by atoms with E-state index in [9.17, 15) is 14.4 Å². The van der Waals surface area contributed by atoms with Crippen LogP contribution in [0.25, 0.3) is 0 Å². The van der Waals surface area contributed by atoms with E-state index in [1.807, 2.05) is 0 Å². The van der Waals surface area contributed by atoms with Crippen molar-refractivity contribution in [2.45, 2.75) is 136 Å². The first-order valence-electron chi connectivity index (χ1n) is 15.2. The third kappa shape index (κ3) is 11.3. The molecule has 3 fully saturated rings. The van der Waals surface area contributed by atoms with E-state index in [0.29, 0.717) is 18.4 Å². The van der Waals surface area contributed by atoms with Gasteiger partial charge in [-0.05, 0) is 37.0 Å². The van der Waals surface area contributed by atoms with Gasteiger partial charge in [-0.15, -0.1) is 0 Å². The number of hydroxylamine groups is 1. The zero-order chi connectivity index (χ0) is 26.2. The summed E-state index contributed by atoms with van der Waals surface area (Å²) >= 11 is 0. The van der Waals surface area contributed by atoms with Crippen LogP contribution in [0.3, 0.4) is 0 Å². The fourth-order valence-corrected chi connectivity index (χ4v) is 6.60. The number of Topliss-reactive ketones (excluding diaryl/α,β-unsaturated/α-hetero) is 1. The summed E-state index contributed by atoms with van der Waals surface area (Å²) in [5.41, 5.74) is 1.62. The van der Waals surface area contributed by atoms with Gasteiger partial charge in [-0.2, -0.15) is 0 Å². The molecule has 0 spiro atoms. The van der Waals surface area contributed by atoms with Crippen LogP contribution in [0.4, 0.5) is 0 Å². The molecule has 0 saturated heterocycles. The van der Waals surface area contributed by atoms with Crippen LogP contribution in [0, 0.1) is 23.7 Å². The van der Waals surface area contributed by atoms with Gasteiger partial charge in [-0.1, -0.05) is 104 Å². The number of carbonyl (C=O) groups is 3. The van der Waals surface area contributed by atoms with E-state index in [1.54, 1.807) is 5.48 Å². The molecule has 0 aliphatic heterocycles. The Bertz CT molecular complexity index is 641. The van der Waals surface area contributed by atoms with Gasteiger partial charge in [0.1, 0.15) is 12.3 Å². The van der Waals surface area contributed by atoms with Crippen molar-refractivity contribution >= 4 is 17.6 Å². The summed E-state index contributed by atoms with van der Waals surface area (Å²) in [5, 5.41) is 8.84. The number of rotatable bonds is 11. The number of carbonyl (C=O) groups excluding carboxylic acids is 3. The number of hydrogen-bond donors (Lipinski definition) is 2. The number of amides is 2. The molecule has 6 nitrogen and oxygen atoms in total. The molecule has 0 radical (unpaired) electrons. The SMILES string of the molecule is CCC1CCCCC1.CCC1CCCCC1C(=O)CCC(=O)N(CCC1CCCCC1)CC(=O)NO. The van der Waals surface area contributed by atoms with Gasteiger partial charge in [-0.25, -0.2) is 5.48 Å². The molecule has 2 N–H and O–H groups in total. The first kappa shape index (κ1) is 30.8. The van der Waals surface area contributed by atoms with Crippen LogP contribution in [-0.4, -0.2) is 40.8 Å². The van der Waals surface area contributed by atoms with Crippen LogP contribution in [0.2, 0.25) is 0 Å². The maximum Gasteiger partial charge on any atom is 0.262 e. The third-order valence-corrected chi connectivity index (χ3v) is 9.08. The Hall–Kier alpha value is -1.43. The smallest absolute Gasteiger partial charge is 0.262 e. The van der Waals surface area contributed by atoms with Crippen molar-refractivity contribution in [2.24, 2.45) is 23.7 Å². The lowest BCUT2D eigenvalue weighted by Gasteiger charge is -2.30. The van der Waals surface area contributed by atoms with E-state index in [4.69, 9.17) is 5.21 Å². The van der Waals surface area contributed by atoms with Crippen LogP contribution < -0.4 is 5.48 Å². The van der Waals surface area contributed by atoms with Crippen molar-refractivity contribution in [3.05, 3.63) is 0 Å². The Kier molecular flexibility index (Phi) is 15.3. The molecule has 208 valence electrons. The minimum Gasteiger partial charge on any atom is -0.333 e. The van der Waals surface area contributed by atoms with Crippen molar-refractivity contribution in [1.82, 2.24) is 10.4 Å².